The molecule has 2 fully saturated rings. The summed E-state index contributed by atoms with van der Waals surface area (Å²) in [6, 6.07) is 6.17. The first-order valence-corrected chi connectivity index (χ1v) is 6.38. The van der Waals surface area contributed by atoms with E-state index < -0.39 is 0 Å². The summed E-state index contributed by atoms with van der Waals surface area (Å²) < 4.78 is 11.8. The molecule has 2 N–H and O–H groups in total. The van der Waals surface area contributed by atoms with Crippen molar-refractivity contribution in [3.63, 3.8) is 0 Å². The molecule has 3 aliphatic rings. The van der Waals surface area contributed by atoms with Gasteiger partial charge in [0.25, 0.3) is 0 Å². The number of hydrogen-bond donors (Lipinski definition) is 1. The van der Waals surface area contributed by atoms with Gasteiger partial charge in [0.2, 0.25) is 0 Å². The fraction of sp³-hybridized carbons (Fsp3) is 0.571. The van der Waals surface area contributed by atoms with E-state index in [2.05, 4.69) is 12.1 Å². The lowest BCUT2D eigenvalue weighted by Gasteiger charge is -2.13. The summed E-state index contributed by atoms with van der Waals surface area (Å²) in [5.41, 5.74) is 7.61. The van der Waals surface area contributed by atoms with Crippen LogP contribution in [0, 0.1) is 5.41 Å². The predicted octanol–water partition coefficient (Wildman–Crippen LogP) is 2.19. The first kappa shape index (κ1) is 9.77. The van der Waals surface area contributed by atoms with Crippen LogP contribution in [0.3, 0.4) is 0 Å². The van der Waals surface area contributed by atoms with Gasteiger partial charge in [-0.25, -0.2) is 0 Å². The normalized spacial score (nSPS) is 26.4. The van der Waals surface area contributed by atoms with Crippen LogP contribution in [-0.4, -0.2) is 13.2 Å². The highest BCUT2D eigenvalue weighted by Crippen LogP contribution is 2.50. The van der Waals surface area contributed by atoms with E-state index in [1.54, 1.807) is 0 Å². The molecule has 1 aromatic carbocycles. The summed E-state index contributed by atoms with van der Waals surface area (Å²) in [5.74, 6) is 1.75. The Hall–Kier alpha value is -1.22. The average molecular weight is 231 g/mol. The van der Waals surface area contributed by atoms with Crippen molar-refractivity contribution in [2.45, 2.75) is 31.2 Å². The quantitative estimate of drug-likeness (QED) is 0.805. The largest absolute Gasteiger partial charge is 0.489 e. The zero-order valence-corrected chi connectivity index (χ0v) is 9.87. The Kier molecular flexibility index (Phi) is 1.70. The van der Waals surface area contributed by atoms with Gasteiger partial charge in [0.15, 0.2) is 11.5 Å². The van der Waals surface area contributed by atoms with Gasteiger partial charge in [0.05, 0.1) is 13.2 Å². The second-order valence-corrected chi connectivity index (χ2v) is 5.90. The minimum atomic E-state index is -0.0953. The van der Waals surface area contributed by atoms with Gasteiger partial charge in [-0.3, -0.25) is 0 Å². The third-order valence-electron chi connectivity index (χ3n) is 4.33. The van der Waals surface area contributed by atoms with Crippen molar-refractivity contribution in [1.29, 1.82) is 0 Å². The minimum absolute atomic E-state index is 0.0953. The molecule has 3 nitrogen and oxygen atoms in total. The smallest absolute Gasteiger partial charge is 0.161 e. The van der Waals surface area contributed by atoms with Crippen molar-refractivity contribution in [3.8, 4) is 11.5 Å². The third kappa shape index (κ3) is 1.53. The van der Waals surface area contributed by atoms with Gasteiger partial charge in [0, 0.05) is 11.0 Å². The molecule has 4 rings (SSSR count). The van der Waals surface area contributed by atoms with Gasteiger partial charge >= 0.3 is 0 Å². The second kappa shape index (κ2) is 2.96. The Morgan fingerprint density at radius 2 is 1.65 bits per heavy atom. The van der Waals surface area contributed by atoms with E-state index in [4.69, 9.17) is 15.2 Å². The Bertz CT molecular complexity index is 475. The predicted molar refractivity (Wildman–Crippen MR) is 64.2 cm³/mol. The van der Waals surface area contributed by atoms with Crippen molar-refractivity contribution >= 4 is 0 Å². The maximum absolute atomic E-state index is 6.21. The van der Waals surface area contributed by atoms with E-state index in [9.17, 15) is 0 Å². The molecule has 0 saturated heterocycles. The molecule has 0 bridgehead atoms. The molecule has 1 aliphatic heterocycles. The van der Waals surface area contributed by atoms with Crippen molar-refractivity contribution in [1.82, 2.24) is 0 Å². The maximum Gasteiger partial charge on any atom is 0.161 e. The van der Waals surface area contributed by atoms with Crippen LogP contribution in [0.25, 0.3) is 0 Å². The van der Waals surface area contributed by atoms with Crippen LogP contribution in [0.15, 0.2) is 18.2 Å². The van der Waals surface area contributed by atoms with Crippen molar-refractivity contribution in [2.75, 3.05) is 13.2 Å². The molecule has 0 aromatic heterocycles. The lowest BCUT2D eigenvalue weighted by molar-refractivity contribution is 0.197. The summed E-state index contributed by atoms with van der Waals surface area (Å²) in [4.78, 5) is 0. The number of nitrogens with two attached hydrogens (primary N) is 1. The van der Waals surface area contributed by atoms with E-state index in [-0.39, 0.29) is 5.54 Å². The SMILES string of the molecule is NC1(c2ccc3c(c2)OCC2(CC2)CO3)CC1. The lowest BCUT2D eigenvalue weighted by atomic mass is 10.1. The van der Waals surface area contributed by atoms with E-state index >= 15 is 0 Å². The van der Waals surface area contributed by atoms with Crippen LogP contribution in [-0.2, 0) is 5.54 Å². The van der Waals surface area contributed by atoms with E-state index in [0.29, 0.717) is 5.41 Å². The number of fused-ring (bicyclic) bond motifs is 1. The third-order valence-corrected chi connectivity index (χ3v) is 4.33. The molecule has 17 heavy (non-hydrogen) atoms. The molecule has 0 radical (unpaired) electrons. The first-order chi connectivity index (χ1) is 8.19. The fourth-order valence-corrected chi connectivity index (χ4v) is 2.44. The van der Waals surface area contributed by atoms with Gasteiger partial charge in [-0.1, -0.05) is 6.07 Å². The minimum Gasteiger partial charge on any atom is -0.489 e. The molecule has 0 atom stereocenters. The molecule has 1 spiro atoms. The van der Waals surface area contributed by atoms with Gasteiger partial charge in [0.1, 0.15) is 0 Å². The van der Waals surface area contributed by atoms with Crippen LogP contribution in [0.2, 0.25) is 0 Å². The van der Waals surface area contributed by atoms with Crippen LogP contribution < -0.4 is 15.2 Å². The molecule has 90 valence electrons. The van der Waals surface area contributed by atoms with E-state index in [1.807, 2.05) is 6.07 Å². The molecule has 2 saturated carbocycles. The topological polar surface area (TPSA) is 44.5 Å². The summed E-state index contributed by atoms with van der Waals surface area (Å²) in [6.07, 6.45) is 4.62. The van der Waals surface area contributed by atoms with Gasteiger partial charge < -0.3 is 15.2 Å². The number of hydrogen-bond acceptors (Lipinski definition) is 3. The molecular weight excluding hydrogens is 214 g/mol. The summed E-state index contributed by atoms with van der Waals surface area (Å²) in [5, 5.41) is 0. The van der Waals surface area contributed by atoms with Crippen LogP contribution in [0.5, 0.6) is 11.5 Å². The van der Waals surface area contributed by atoms with E-state index in [0.717, 1.165) is 37.6 Å². The molecule has 2 aliphatic carbocycles. The zero-order valence-electron chi connectivity index (χ0n) is 9.87. The molecule has 1 heterocycles. The molecule has 3 heteroatoms. The Labute approximate surface area is 101 Å². The molecular formula is C14H17NO2. The molecule has 1 aromatic rings. The Balaban J connectivity index is 1.67. The fourth-order valence-electron chi connectivity index (χ4n) is 2.44. The van der Waals surface area contributed by atoms with E-state index in [1.165, 1.54) is 18.4 Å². The summed E-state index contributed by atoms with van der Waals surface area (Å²) >= 11 is 0. The van der Waals surface area contributed by atoms with Crippen LogP contribution >= 0.6 is 0 Å². The van der Waals surface area contributed by atoms with Gasteiger partial charge in [-0.15, -0.1) is 0 Å². The standard InChI is InChI=1S/C14H17NO2/c15-14(5-6-14)10-1-2-11-12(7-10)17-9-13(3-4-13)8-16-11/h1-2,7H,3-6,8-9,15H2. The number of ether oxygens (including phenoxy) is 2. The Morgan fingerprint density at radius 3 is 2.29 bits per heavy atom. The maximum atomic E-state index is 6.21. The van der Waals surface area contributed by atoms with Gasteiger partial charge in [-0.05, 0) is 43.4 Å². The monoisotopic (exact) mass is 231 g/mol. The number of benzene rings is 1. The zero-order chi connectivity index (χ0) is 11.5. The molecule has 0 amide bonds. The number of rotatable bonds is 1. The summed E-state index contributed by atoms with van der Waals surface area (Å²) in [7, 11) is 0. The highest BCUT2D eigenvalue weighted by molar-refractivity contribution is 5.47. The highest BCUT2D eigenvalue weighted by Gasteiger charge is 2.46. The van der Waals surface area contributed by atoms with Crippen molar-refractivity contribution in [3.05, 3.63) is 23.8 Å². The Morgan fingerprint density at radius 1 is 0.941 bits per heavy atom. The lowest BCUT2D eigenvalue weighted by Crippen LogP contribution is -2.18. The van der Waals surface area contributed by atoms with Gasteiger partial charge in [-0.2, -0.15) is 0 Å². The van der Waals surface area contributed by atoms with Crippen LogP contribution in [0.4, 0.5) is 0 Å². The molecule has 0 unspecified atom stereocenters. The van der Waals surface area contributed by atoms with Crippen LogP contribution in [0.1, 0.15) is 31.2 Å². The summed E-state index contributed by atoms with van der Waals surface area (Å²) in [6.45, 7) is 1.59. The van der Waals surface area contributed by atoms with Crippen molar-refractivity contribution < 1.29 is 9.47 Å². The first-order valence-electron chi connectivity index (χ1n) is 6.38. The van der Waals surface area contributed by atoms with Crippen molar-refractivity contribution in [2.24, 2.45) is 11.1 Å². The second-order valence-electron chi connectivity index (χ2n) is 5.90. The highest BCUT2D eigenvalue weighted by atomic mass is 16.5. The average Bonchev–Trinajstić information content (AvgIpc) is 3.23.